The summed E-state index contributed by atoms with van der Waals surface area (Å²) in [5.74, 6) is 1.46. The van der Waals surface area contributed by atoms with Gasteiger partial charge in [0, 0.05) is 17.8 Å². The number of aryl methyl sites for hydroxylation is 1. The Hall–Kier alpha value is -3.72. The van der Waals surface area contributed by atoms with Crippen LogP contribution in [0, 0.1) is 6.92 Å². The second kappa shape index (κ2) is 11.6. The van der Waals surface area contributed by atoms with Crippen molar-refractivity contribution in [3.63, 3.8) is 0 Å². The van der Waals surface area contributed by atoms with E-state index in [9.17, 15) is 13.2 Å². The Balaban J connectivity index is 1.73. The van der Waals surface area contributed by atoms with Gasteiger partial charge in [0.15, 0.2) is 11.5 Å². The van der Waals surface area contributed by atoms with Crippen LogP contribution in [0.1, 0.15) is 34.8 Å². The van der Waals surface area contributed by atoms with Gasteiger partial charge in [-0.3, -0.25) is 9.52 Å². The number of hydrogen-bond acceptors (Lipinski definition) is 6. The molecule has 3 aromatic carbocycles. The molecule has 9 heteroatoms. The summed E-state index contributed by atoms with van der Waals surface area (Å²) in [6.45, 7) is 4.60. The van der Waals surface area contributed by atoms with Crippen LogP contribution in [0.2, 0.25) is 0 Å². The van der Waals surface area contributed by atoms with E-state index in [4.69, 9.17) is 14.2 Å². The fourth-order valence-electron chi connectivity index (χ4n) is 3.32. The molecule has 0 unspecified atom stereocenters. The fraction of sp³-hybridized carbons (Fsp3) is 0.269. The van der Waals surface area contributed by atoms with Gasteiger partial charge >= 0.3 is 0 Å². The molecule has 3 aromatic rings. The number of sulfonamides is 1. The summed E-state index contributed by atoms with van der Waals surface area (Å²) in [7, 11) is -0.801. The van der Waals surface area contributed by atoms with Crippen molar-refractivity contribution < 1.29 is 27.4 Å². The van der Waals surface area contributed by atoms with Gasteiger partial charge in [-0.2, -0.15) is 0 Å². The zero-order valence-corrected chi connectivity index (χ0v) is 21.1. The van der Waals surface area contributed by atoms with Crippen LogP contribution < -0.4 is 24.2 Å². The summed E-state index contributed by atoms with van der Waals surface area (Å²) < 4.78 is 44.5. The number of ether oxygens (including phenoxy) is 3. The number of nitrogens with one attached hydrogen (secondary N) is 2. The van der Waals surface area contributed by atoms with Crippen molar-refractivity contribution >= 4 is 21.6 Å². The van der Waals surface area contributed by atoms with Crippen LogP contribution in [0.5, 0.6) is 17.2 Å². The first-order valence-corrected chi connectivity index (χ1v) is 12.6. The number of carbonyl (C=O) groups is 1. The summed E-state index contributed by atoms with van der Waals surface area (Å²) in [4.78, 5) is 12.9. The Morgan fingerprint density at radius 2 is 1.66 bits per heavy atom. The second-order valence-corrected chi connectivity index (χ2v) is 9.51. The van der Waals surface area contributed by atoms with Crippen LogP contribution in [-0.4, -0.2) is 35.2 Å². The summed E-state index contributed by atoms with van der Waals surface area (Å²) >= 11 is 0. The minimum Gasteiger partial charge on any atom is -0.497 e. The third-order valence-corrected chi connectivity index (χ3v) is 6.63. The molecule has 0 aliphatic heterocycles. The summed E-state index contributed by atoms with van der Waals surface area (Å²) in [5, 5.41) is 2.85. The van der Waals surface area contributed by atoms with Gasteiger partial charge in [-0.15, -0.1) is 0 Å². The van der Waals surface area contributed by atoms with Crippen molar-refractivity contribution in [2.24, 2.45) is 0 Å². The van der Waals surface area contributed by atoms with Crippen LogP contribution >= 0.6 is 0 Å². The van der Waals surface area contributed by atoms with Gasteiger partial charge in [-0.05, 0) is 73.0 Å². The largest absolute Gasteiger partial charge is 0.497 e. The Morgan fingerprint density at radius 3 is 2.31 bits per heavy atom. The van der Waals surface area contributed by atoms with Gasteiger partial charge in [-0.1, -0.05) is 19.1 Å². The van der Waals surface area contributed by atoms with Gasteiger partial charge in [0.05, 0.1) is 25.7 Å². The molecule has 0 aliphatic rings. The van der Waals surface area contributed by atoms with Crippen LogP contribution in [0.25, 0.3) is 0 Å². The normalized spacial score (nSPS) is 11.0. The van der Waals surface area contributed by atoms with Gasteiger partial charge in [0.1, 0.15) is 5.75 Å². The molecule has 2 N–H and O–H groups in total. The Labute approximate surface area is 206 Å². The van der Waals surface area contributed by atoms with Crippen LogP contribution in [0.15, 0.2) is 65.6 Å². The van der Waals surface area contributed by atoms with Gasteiger partial charge < -0.3 is 19.5 Å². The smallest absolute Gasteiger partial charge is 0.261 e. The lowest BCUT2D eigenvalue weighted by Crippen LogP contribution is -2.24. The Kier molecular flexibility index (Phi) is 8.59. The molecular formula is C26H30N2O6S. The zero-order chi connectivity index (χ0) is 25.4. The number of methoxy groups -OCH3 is 2. The highest BCUT2D eigenvalue weighted by Crippen LogP contribution is 2.28. The van der Waals surface area contributed by atoms with E-state index in [1.165, 1.54) is 19.2 Å². The summed E-state index contributed by atoms with van der Waals surface area (Å²) in [5.41, 5.74) is 2.14. The molecule has 0 fully saturated rings. The molecule has 0 aromatic heterocycles. The molecule has 186 valence electrons. The fourth-order valence-corrected chi connectivity index (χ4v) is 4.40. The van der Waals surface area contributed by atoms with E-state index < -0.39 is 10.0 Å². The molecule has 0 atom stereocenters. The van der Waals surface area contributed by atoms with Crippen molar-refractivity contribution in [2.45, 2.75) is 31.7 Å². The van der Waals surface area contributed by atoms with Crippen LogP contribution in [0.4, 0.5) is 5.69 Å². The van der Waals surface area contributed by atoms with Crippen LogP contribution in [0.3, 0.4) is 0 Å². The molecule has 0 radical (unpaired) electrons. The average Bonchev–Trinajstić information content (AvgIpc) is 2.86. The number of rotatable bonds is 11. The number of anilines is 1. The maximum absolute atomic E-state index is 12.9. The highest BCUT2D eigenvalue weighted by Gasteiger charge is 2.18. The van der Waals surface area contributed by atoms with Crippen LogP contribution in [-0.2, 0) is 16.6 Å². The van der Waals surface area contributed by atoms with Crippen molar-refractivity contribution in [3.05, 3.63) is 77.4 Å². The first-order valence-electron chi connectivity index (χ1n) is 11.1. The SMILES string of the molecule is CCCOc1ccc(CNC(=O)c2cc(S(=O)(=O)Nc3ccc(OC)cc3)ccc2C)cc1OC. The average molecular weight is 499 g/mol. The lowest BCUT2D eigenvalue weighted by Gasteiger charge is -2.13. The number of hydrogen-bond donors (Lipinski definition) is 2. The predicted octanol–water partition coefficient (Wildman–Crippen LogP) is 4.53. The minimum absolute atomic E-state index is 0.0110. The third-order valence-electron chi connectivity index (χ3n) is 5.25. The highest BCUT2D eigenvalue weighted by molar-refractivity contribution is 7.92. The van der Waals surface area contributed by atoms with E-state index in [1.807, 2.05) is 13.0 Å². The molecular weight excluding hydrogens is 468 g/mol. The van der Waals surface area contributed by atoms with E-state index >= 15 is 0 Å². The quantitative estimate of drug-likeness (QED) is 0.403. The van der Waals surface area contributed by atoms with Gasteiger partial charge in [0.25, 0.3) is 15.9 Å². The number of amides is 1. The Morgan fingerprint density at radius 1 is 0.914 bits per heavy atom. The maximum Gasteiger partial charge on any atom is 0.261 e. The first kappa shape index (κ1) is 25.9. The first-order chi connectivity index (χ1) is 16.8. The number of carbonyl (C=O) groups excluding carboxylic acids is 1. The van der Waals surface area contributed by atoms with Crippen molar-refractivity contribution in [1.29, 1.82) is 0 Å². The van der Waals surface area contributed by atoms with Crippen molar-refractivity contribution in [1.82, 2.24) is 5.32 Å². The van der Waals surface area contributed by atoms with Gasteiger partial charge in [-0.25, -0.2) is 8.42 Å². The van der Waals surface area contributed by atoms with Crippen molar-refractivity contribution in [2.75, 3.05) is 25.5 Å². The molecule has 1 amide bonds. The van der Waals surface area contributed by atoms with E-state index in [2.05, 4.69) is 10.0 Å². The lowest BCUT2D eigenvalue weighted by molar-refractivity contribution is 0.0950. The minimum atomic E-state index is -3.90. The topological polar surface area (TPSA) is 103 Å². The maximum atomic E-state index is 12.9. The highest BCUT2D eigenvalue weighted by atomic mass is 32.2. The van der Waals surface area contributed by atoms with E-state index in [-0.39, 0.29) is 22.9 Å². The molecule has 3 rings (SSSR count). The summed E-state index contributed by atoms with van der Waals surface area (Å²) in [6.07, 6.45) is 0.880. The van der Waals surface area contributed by atoms with E-state index in [1.54, 1.807) is 56.5 Å². The zero-order valence-electron chi connectivity index (χ0n) is 20.3. The van der Waals surface area contributed by atoms with Crippen molar-refractivity contribution in [3.8, 4) is 17.2 Å². The van der Waals surface area contributed by atoms with E-state index in [0.29, 0.717) is 35.1 Å². The molecule has 0 heterocycles. The van der Waals surface area contributed by atoms with Gasteiger partial charge in [0.2, 0.25) is 0 Å². The number of benzene rings is 3. The molecule has 8 nitrogen and oxygen atoms in total. The predicted molar refractivity (Wildman–Crippen MR) is 135 cm³/mol. The Bertz CT molecular complexity index is 1270. The third kappa shape index (κ3) is 6.66. The summed E-state index contributed by atoms with van der Waals surface area (Å²) in [6, 6.07) is 16.4. The molecule has 0 aliphatic carbocycles. The monoisotopic (exact) mass is 498 g/mol. The lowest BCUT2D eigenvalue weighted by atomic mass is 10.1. The second-order valence-electron chi connectivity index (χ2n) is 7.83. The molecule has 0 saturated heterocycles. The molecule has 0 saturated carbocycles. The molecule has 0 spiro atoms. The molecule has 0 bridgehead atoms. The van der Waals surface area contributed by atoms with E-state index in [0.717, 1.165) is 12.0 Å². The standard InChI is InChI=1S/C26H30N2O6S/c1-5-14-34-24-13-7-19(15-25(24)33-4)17-27-26(29)23-16-22(12-6-18(23)2)35(30,31)28-20-8-10-21(32-3)11-9-20/h6-13,15-16,28H,5,14,17H2,1-4H3,(H,27,29). The molecule has 35 heavy (non-hydrogen) atoms.